The number of hydrogen-bond donors (Lipinski definition) is 1. The summed E-state index contributed by atoms with van der Waals surface area (Å²) >= 11 is 0. The number of carbonyl (C=O) groups is 1. The predicted molar refractivity (Wildman–Crippen MR) is 105 cm³/mol. The van der Waals surface area contributed by atoms with E-state index in [9.17, 15) is 18.0 Å². The van der Waals surface area contributed by atoms with Crippen molar-refractivity contribution in [3.05, 3.63) is 65.7 Å². The number of piperazine rings is 1. The van der Waals surface area contributed by atoms with Crippen molar-refractivity contribution >= 4 is 23.4 Å². The van der Waals surface area contributed by atoms with Gasteiger partial charge in [0.2, 0.25) is 5.91 Å². The van der Waals surface area contributed by atoms with Crippen molar-refractivity contribution in [2.45, 2.75) is 6.18 Å². The Morgan fingerprint density at radius 3 is 2.36 bits per heavy atom. The number of likely N-dealkylation sites (N-methyl/N-ethyl adjacent to an activating group) is 1. The van der Waals surface area contributed by atoms with Gasteiger partial charge in [-0.2, -0.15) is 13.2 Å². The molecule has 1 fully saturated rings. The first kappa shape index (κ1) is 19.9. The van der Waals surface area contributed by atoms with Gasteiger partial charge in [0.15, 0.2) is 0 Å². The molecule has 0 aromatic heterocycles. The molecule has 0 spiro atoms. The predicted octanol–water partition coefficient (Wildman–Crippen LogP) is 4.11. The molecule has 1 aliphatic heterocycles. The summed E-state index contributed by atoms with van der Waals surface area (Å²) in [5, 5.41) is 2.72. The summed E-state index contributed by atoms with van der Waals surface area (Å²) in [5.41, 5.74) is 1.31. The third kappa shape index (κ3) is 5.36. The number of benzene rings is 2. The molecule has 0 aliphatic carbocycles. The first-order chi connectivity index (χ1) is 13.3. The van der Waals surface area contributed by atoms with E-state index >= 15 is 0 Å². The van der Waals surface area contributed by atoms with Gasteiger partial charge in [0.05, 0.1) is 5.56 Å². The zero-order chi connectivity index (χ0) is 20.1. The van der Waals surface area contributed by atoms with Crippen LogP contribution in [0.2, 0.25) is 0 Å². The highest BCUT2D eigenvalue weighted by molar-refractivity contribution is 6.02. The minimum absolute atomic E-state index is 0.315. The van der Waals surface area contributed by atoms with Gasteiger partial charge in [0.25, 0.3) is 0 Å². The molecule has 148 valence electrons. The number of alkyl halides is 3. The molecule has 1 saturated heterocycles. The number of rotatable bonds is 4. The molecule has 1 heterocycles. The van der Waals surface area contributed by atoms with Crippen LogP contribution in [0.25, 0.3) is 6.08 Å². The van der Waals surface area contributed by atoms with Crippen molar-refractivity contribution in [1.82, 2.24) is 4.90 Å². The summed E-state index contributed by atoms with van der Waals surface area (Å²) in [7, 11) is 2.10. The number of carbonyl (C=O) groups excluding carboxylic acids is 1. The Morgan fingerprint density at radius 2 is 1.71 bits per heavy atom. The SMILES string of the molecule is CN1CCN(c2ccc(NC(=O)C=Cc3cccc(C(F)(F)F)c3)cc2)CC1. The topological polar surface area (TPSA) is 35.6 Å². The lowest BCUT2D eigenvalue weighted by molar-refractivity contribution is -0.137. The zero-order valence-corrected chi connectivity index (χ0v) is 15.5. The second kappa shape index (κ2) is 8.48. The van der Waals surface area contributed by atoms with E-state index < -0.39 is 17.6 Å². The van der Waals surface area contributed by atoms with Gasteiger partial charge in [-0.05, 0) is 55.1 Å². The Hall–Kier alpha value is -2.80. The standard InChI is InChI=1S/C21H22F3N3O/c1-26-11-13-27(14-12-26)19-8-6-18(7-9-19)25-20(28)10-5-16-3-2-4-17(15-16)21(22,23)24/h2-10,15H,11-14H2,1H3,(H,25,28). The number of halogens is 3. The smallest absolute Gasteiger partial charge is 0.369 e. The monoisotopic (exact) mass is 389 g/mol. The van der Waals surface area contributed by atoms with E-state index in [0.717, 1.165) is 44.0 Å². The summed E-state index contributed by atoms with van der Waals surface area (Å²) in [5.74, 6) is -0.398. The molecule has 4 nitrogen and oxygen atoms in total. The van der Waals surface area contributed by atoms with Crippen LogP contribution < -0.4 is 10.2 Å². The van der Waals surface area contributed by atoms with Crippen LogP contribution in [0.1, 0.15) is 11.1 Å². The molecule has 0 bridgehead atoms. The lowest BCUT2D eigenvalue weighted by Crippen LogP contribution is -2.44. The minimum atomic E-state index is -4.41. The lowest BCUT2D eigenvalue weighted by atomic mass is 10.1. The molecule has 0 unspecified atom stereocenters. The number of nitrogens with one attached hydrogen (secondary N) is 1. The molecule has 2 aromatic carbocycles. The fourth-order valence-corrected chi connectivity index (χ4v) is 2.99. The van der Waals surface area contributed by atoms with Gasteiger partial charge in [-0.15, -0.1) is 0 Å². The van der Waals surface area contributed by atoms with Gasteiger partial charge in [-0.1, -0.05) is 12.1 Å². The maximum absolute atomic E-state index is 12.7. The van der Waals surface area contributed by atoms with Crippen LogP contribution in [0.3, 0.4) is 0 Å². The summed E-state index contributed by atoms with van der Waals surface area (Å²) in [4.78, 5) is 16.6. The van der Waals surface area contributed by atoms with Gasteiger partial charge in [0.1, 0.15) is 0 Å². The van der Waals surface area contributed by atoms with E-state index in [2.05, 4.69) is 22.2 Å². The maximum Gasteiger partial charge on any atom is 0.416 e. The summed E-state index contributed by atoms with van der Waals surface area (Å²) < 4.78 is 38.2. The van der Waals surface area contributed by atoms with Crippen molar-refractivity contribution in [2.75, 3.05) is 43.4 Å². The Balaban J connectivity index is 1.58. The molecule has 0 atom stereocenters. The van der Waals surface area contributed by atoms with Crippen molar-refractivity contribution in [3.8, 4) is 0 Å². The highest BCUT2D eigenvalue weighted by atomic mass is 19.4. The van der Waals surface area contributed by atoms with Crippen LogP contribution in [0.4, 0.5) is 24.5 Å². The number of anilines is 2. The Labute approximate surface area is 162 Å². The summed E-state index contributed by atoms with van der Waals surface area (Å²) in [6.45, 7) is 3.95. The van der Waals surface area contributed by atoms with Crippen LogP contribution in [0.5, 0.6) is 0 Å². The first-order valence-electron chi connectivity index (χ1n) is 9.01. The minimum Gasteiger partial charge on any atom is -0.369 e. The average Bonchev–Trinajstić information content (AvgIpc) is 2.67. The molecule has 1 aliphatic rings. The second-order valence-electron chi connectivity index (χ2n) is 6.78. The van der Waals surface area contributed by atoms with Crippen LogP contribution in [-0.4, -0.2) is 44.0 Å². The van der Waals surface area contributed by atoms with Gasteiger partial charge in [-0.25, -0.2) is 0 Å². The fourth-order valence-electron chi connectivity index (χ4n) is 2.99. The zero-order valence-electron chi connectivity index (χ0n) is 15.5. The average molecular weight is 389 g/mol. The normalized spacial score (nSPS) is 15.8. The van der Waals surface area contributed by atoms with Gasteiger partial charge in [-0.3, -0.25) is 4.79 Å². The molecular formula is C21H22F3N3O. The van der Waals surface area contributed by atoms with Crippen LogP contribution in [-0.2, 0) is 11.0 Å². The van der Waals surface area contributed by atoms with Crippen molar-refractivity contribution < 1.29 is 18.0 Å². The third-order valence-electron chi connectivity index (χ3n) is 4.64. The van der Waals surface area contributed by atoms with E-state index in [1.165, 1.54) is 24.3 Å². The highest BCUT2D eigenvalue weighted by Gasteiger charge is 2.30. The fraction of sp³-hybridized carbons (Fsp3) is 0.286. The maximum atomic E-state index is 12.7. The van der Waals surface area contributed by atoms with Crippen molar-refractivity contribution in [3.63, 3.8) is 0 Å². The number of nitrogens with zero attached hydrogens (tertiary/aromatic N) is 2. The second-order valence-corrected chi connectivity index (χ2v) is 6.78. The summed E-state index contributed by atoms with van der Waals surface area (Å²) in [6.07, 6.45) is -1.81. The first-order valence-corrected chi connectivity index (χ1v) is 9.01. The van der Waals surface area contributed by atoms with E-state index in [-0.39, 0.29) is 0 Å². The van der Waals surface area contributed by atoms with Crippen molar-refractivity contribution in [2.24, 2.45) is 0 Å². The third-order valence-corrected chi connectivity index (χ3v) is 4.64. The summed E-state index contributed by atoms with van der Waals surface area (Å²) in [6, 6.07) is 12.4. The molecule has 0 saturated carbocycles. The largest absolute Gasteiger partial charge is 0.416 e. The van der Waals surface area contributed by atoms with Crippen LogP contribution in [0, 0.1) is 0 Å². The van der Waals surface area contributed by atoms with Crippen LogP contribution >= 0.6 is 0 Å². The van der Waals surface area contributed by atoms with Gasteiger partial charge >= 0.3 is 6.18 Å². The number of amides is 1. The highest BCUT2D eigenvalue weighted by Crippen LogP contribution is 2.29. The van der Waals surface area contributed by atoms with Gasteiger partial charge < -0.3 is 15.1 Å². The van der Waals surface area contributed by atoms with E-state index in [0.29, 0.717) is 11.3 Å². The Kier molecular flexibility index (Phi) is 6.04. The molecule has 0 radical (unpaired) electrons. The molecule has 1 amide bonds. The molecular weight excluding hydrogens is 367 g/mol. The van der Waals surface area contributed by atoms with Gasteiger partial charge in [0, 0.05) is 43.6 Å². The quantitative estimate of drug-likeness (QED) is 0.800. The Morgan fingerprint density at radius 1 is 1.04 bits per heavy atom. The molecule has 3 rings (SSSR count). The Bertz CT molecular complexity index is 839. The number of hydrogen-bond acceptors (Lipinski definition) is 3. The molecule has 28 heavy (non-hydrogen) atoms. The van der Waals surface area contributed by atoms with Crippen molar-refractivity contribution in [1.29, 1.82) is 0 Å². The van der Waals surface area contributed by atoms with Crippen LogP contribution in [0.15, 0.2) is 54.6 Å². The molecule has 7 heteroatoms. The van der Waals surface area contributed by atoms with E-state index in [1.54, 1.807) is 0 Å². The lowest BCUT2D eigenvalue weighted by Gasteiger charge is -2.34. The molecule has 2 aromatic rings. The molecule has 1 N–H and O–H groups in total. The van der Waals surface area contributed by atoms with E-state index in [1.807, 2.05) is 24.3 Å². The van der Waals surface area contributed by atoms with E-state index in [4.69, 9.17) is 0 Å².